The fourth-order valence-corrected chi connectivity index (χ4v) is 3.73. The van der Waals surface area contributed by atoms with Crippen LogP contribution in [0.4, 0.5) is 14.6 Å². The lowest BCUT2D eigenvalue weighted by Crippen LogP contribution is -2.13. The second kappa shape index (κ2) is 9.65. The first-order valence-corrected chi connectivity index (χ1v) is 11.2. The Hall–Kier alpha value is -4.86. The molecule has 3 aromatic heterocycles. The van der Waals surface area contributed by atoms with Gasteiger partial charge >= 0.3 is 0 Å². The van der Waals surface area contributed by atoms with E-state index in [0.717, 1.165) is 11.8 Å². The third-order valence-electron chi connectivity index (χ3n) is 5.80. The quantitative estimate of drug-likeness (QED) is 0.319. The molecule has 8 nitrogen and oxygen atoms in total. The van der Waals surface area contributed by atoms with Gasteiger partial charge in [-0.15, -0.1) is 0 Å². The van der Waals surface area contributed by atoms with Crippen LogP contribution in [-0.2, 0) is 0 Å². The summed E-state index contributed by atoms with van der Waals surface area (Å²) in [5.41, 5.74) is 3.03. The van der Waals surface area contributed by atoms with E-state index in [-0.39, 0.29) is 22.9 Å². The lowest BCUT2D eigenvalue weighted by molar-refractivity contribution is 0.102. The predicted octanol–water partition coefficient (Wildman–Crippen LogP) is 5.74. The highest BCUT2D eigenvalue weighted by molar-refractivity contribution is 6.04. The SMILES string of the molecule is COc1ccc(-c2cccc(NC(=O)c3ccc(Oc4c(C)c(C)nc5ccnn45)c(F)c3)n2)cc1F. The number of aryl methyl sites for hydroxylation is 1. The van der Waals surface area contributed by atoms with E-state index in [1.165, 1.54) is 35.9 Å². The first kappa shape index (κ1) is 23.9. The van der Waals surface area contributed by atoms with Gasteiger partial charge in [0.2, 0.25) is 5.88 Å². The van der Waals surface area contributed by atoms with E-state index in [9.17, 15) is 13.6 Å². The van der Waals surface area contributed by atoms with Crippen LogP contribution in [0.5, 0.6) is 17.4 Å². The lowest BCUT2D eigenvalue weighted by atomic mass is 10.1. The number of amides is 1. The molecule has 0 saturated heterocycles. The molecular formula is C27H21F2N5O3. The van der Waals surface area contributed by atoms with Crippen molar-refractivity contribution in [1.29, 1.82) is 0 Å². The molecule has 2 aromatic carbocycles. The van der Waals surface area contributed by atoms with Gasteiger partial charge in [0.1, 0.15) is 5.82 Å². The third kappa shape index (κ3) is 4.68. The van der Waals surface area contributed by atoms with Crippen molar-refractivity contribution in [3.05, 3.63) is 95.3 Å². The van der Waals surface area contributed by atoms with Crippen molar-refractivity contribution in [2.45, 2.75) is 13.8 Å². The number of ether oxygens (including phenoxy) is 2. The van der Waals surface area contributed by atoms with Gasteiger partial charge in [0.25, 0.3) is 5.91 Å². The Morgan fingerprint density at radius 3 is 2.49 bits per heavy atom. The molecule has 5 rings (SSSR count). The van der Waals surface area contributed by atoms with Gasteiger partial charge in [0.05, 0.1) is 19.0 Å². The molecule has 0 fully saturated rings. The summed E-state index contributed by atoms with van der Waals surface area (Å²) in [5.74, 6) is -1.21. The second-order valence-corrected chi connectivity index (χ2v) is 8.19. The first-order valence-electron chi connectivity index (χ1n) is 11.2. The topological polar surface area (TPSA) is 90.6 Å². The van der Waals surface area contributed by atoms with Crippen molar-refractivity contribution >= 4 is 17.4 Å². The third-order valence-corrected chi connectivity index (χ3v) is 5.80. The van der Waals surface area contributed by atoms with Crippen LogP contribution >= 0.6 is 0 Å². The molecule has 1 amide bonds. The number of hydrogen-bond donors (Lipinski definition) is 1. The smallest absolute Gasteiger partial charge is 0.256 e. The summed E-state index contributed by atoms with van der Waals surface area (Å²) in [6.07, 6.45) is 1.58. The Balaban J connectivity index is 1.36. The van der Waals surface area contributed by atoms with E-state index in [1.807, 2.05) is 6.92 Å². The summed E-state index contributed by atoms with van der Waals surface area (Å²) in [7, 11) is 1.38. The monoisotopic (exact) mass is 501 g/mol. The largest absolute Gasteiger partial charge is 0.494 e. The maximum absolute atomic E-state index is 15.0. The van der Waals surface area contributed by atoms with Crippen LogP contribution < -0.4 is 14.8 Å². The van der Waals surface area contributed by atoms with Crippen LogP contribution in [0.1, 0.15) is 21.6 Å². The molecule has 0 aliphatic carbocycles. The number of hydrogen-bond acceptors (Lipinski definition) is 6. The van der Waals surface area contributed by atoms with Crippen LogP contribution in [-0.4, -0.2) is 32.6 Å². The van der Waals surface area contributed by atoms with Crippen molar-refractivity contribution < 1.29 is 23.0 Å². The fourth-order valence-electron chi connectivity index (χ4n) is 3.73. The Labute approximate surface area is 210 Å². The highest BCUT2D eigenvalue weighted by Crippen LogP contribution is 2.30. The number of carbonyl (C=O) groups is 1. The first-order chi connectivity index (χ1) is 17.8. The number of pyridine rings is 1. The predicted molar refractivity (Wildman–Crippen MR) is 133 cm³/mol. The average Bonchev–Trinajstić information content (AvgIpc) is 3.35. The maximum atomic E-state index is 15.0. The molecular weight excluding hydrogens is 480 g/mol. The molecule has 5 aromatic rings. The zero-order valence-corrected chi connectivity index (χ0v) is 20.1. The highest BCUT2D eigenvalue weighted by atomic mass is 19.1. The summed E-state index contributed by atoms with van der Waals surface area (Å²) >= 11 is 0. The summed E-state index contributed by atoms with van der Waals surface area (Å²) in [5, 5.41) is 6.83. The molecule has 0 aliphatic heterocycles. The Kier molecular flexibility index (Phi) is 6.22. The van der Waals surface area contributed by atoms with Gasteiger partial charge in [-0.2, -0.15) is 9.61 Å². The van der Waals surface area contributed by atoms with Gasteiger partial charge in [-0.3, -0.25) is 4.79 Å². The molecule has 1 N–H and O–H groups in total. The van der Waals surface area contributed by atoms with Crippen molar-refractivity contribution in [2.24, 2.45) is 0 Å². The highest BCUT2D eigenvalue weighted by Gasteiger charge is 2.17. The number of carbonyl (C=O) groups excluding carboxylic acids is 1. The second-order valence-electron chi connectivity index (χ2n) is 8.19. The van der Waals surface area contributed by atoms with Gasteiger partial charge in [-0.1, -0.05) is 6.07 Å². The standard InChI is InChI=1S/C27H21F2N5O3/c1-15-16(2)31-25-11-12-30-34(25)27(15)37-23-10-8-18(14-20(23)29)26(35)33-24-6-4-5-21(32-24)17-7-9-22(36-3)19(28)13-17/h4-14H,1-3H3,(H,32,33,35). The minimum Gasteiger partial charge on any atom is -0.494 e. The van der Waals surface area contributed by atoms with Crippen molar-refractivity contribution in [3.8, 4) is 28.6 Å². The fraction of sp³-hybridized carbons (Fsp3) is 0.111. The lowest BCUT2D eigenvalue weighted by Gasteiger charge is -2.13. The van der Waals surface area contributed by atoms with Crippen LogP contribution in [0.25, 0.3) is 16.9 Å². The van der Waals surface area contributed by atoms with E-state index in [4.69, 9.17) is 9.47 Å². The van der Waals surface area contributed by atoms with E-state index < -0.39 is 17.5 Å². The number of aromatic nitrogens is 4. The number of benzene rings is 2. The molecule has 0 radical (unpaired) electrons. The van der Waals surface area contributed by atoms with Crippen LogP contribution in [0.3, 0.4) is 0 Å². The van der Waals surface area contributed by atoms with Gasteiger partial charge < -0.3 is 14.8 Å². The molecule has 0 spiro atoms. The van der Waals surface area contributed by atoms with E-state index >= 15 is 0 Å². The number of halogens is 2. The molecule has 10 heteroatoms. The Morgan fingerprint density at radius 1 is 0.946 bits per heavy atom. The van der Waals surface area contributed by atoms with Crippen molar-refractivity contribution in [1.82, 2.24) is 19.6 Å². The molecule has 0 atom stereocenters. The number of anilines is 1. The number of nitrogens with one attached hydrogen (secondary N) is 1. The molecule has 186 valence electrons. The molecule has 37 heavy (non-hydrogen) atoms. The van der Waals surface area contributed by atoms with Gasteiger partial charge in [0, 0.05) is 28.5 Å². The van der Waals surface area contributed by atoms with Gasteiger partial charge in [-0.05, 0) is 62.4 Å². The number of nitrogens with zero attached hydrogens (tertiary/aromatic N) is 4. The van der Waals surface area contributed by atoms with E-state index in [2.05, 4.69) is 20.4 Å². The van der Waals surface area contributed by atoms with Crippen LogP contribution in [0.2, 0.25) is 0 Å². The Morgan fingerprint density at radius 2 is 1.73 bits per heavy atom. The number of methoxy groups -OCH3 is 1. The molecule has 3 heterocycles. The Bertz CT molecular complexity index is 1650. The summed E-state index contributed by atoms with van der Waals surface area (Å²) in [6, 6.07) is 15.0. The molecule has 0 aliphatic rings. The van der Waals surface area contributed by atoms with Crippen LogP contribution in [0, 0.1) is 25.5 Å². The van der Waals surface area contributed by atoms with Gasteiger partial charge in [-0.25, -0.2) is 18.7 Å². The normalized spacial score (nSPS) is 10.9. The summed E-state index contributed by atoms with van der Waals surface area (Å²) < 4.78 is 41.3. The summed E-state index contributed by atoms with van der Waals surface area (Å²) in [6.45, 7) is 3.63. The summed E-state index contributed by atoms with van der Waals surface area (Å²) in [4.78, 5) is 21.6. The zero-order valence-electron chi connectivity index (χ0n) is 20.1. The van der Waals surface area contributed by atoms with E-state index in [1.54, 1.807) is 43.5 Å². The average molecular weight is 501 g/mol. The van der Waals surface area contributed by atoms with Crippen molar-refractivity contribution in [3.63, 3.8) is 0 Å². The molecule has 0 bridgehead atoms. The van der Waals surface area contributed by atoms with Crippen LogP contribution in [0.15, 0.2) is 66.9 Å². The minimum absolute atomic E-state index is 0.0660. The zero-order chi connectivity index (χ0) is 26.1. The number of fused-ring (bicyclic) bond motifs is 1. The van der Waals surface area contributed by atoms with Crippen molar-refractivity contribution in [2.75, 3.05) is 12.4 Å². The number of rotatable bonds is 6. The van der Waals surface area contributed by atoms with E-state index in [0.29, 0.717) is 28.3 Å². The molecule has 0 unspecified atom stereocenters. The minimum atomic E-state index is -0.725. The molecule has 0 saturated carbocycles. The van der Waals surface area contributed by atoms with Gasteiger partial charge in [0.15, 0.2) is 28.8 Å². The maximum Gasteiger partial charge on any atom is 0.256 e.